The lowest BCUT2D eigenvalue weighted by molar-refractivity contribution is -0.301. The molecular weight excluding hydrogens is 643 g/mol. The molecule has 1 fully saturated rings. The largest absolute Gasteiger partial charge is 0.460 e. The Morgan fingerprint density at radius 1 is 0.939 bits per heavy atom. The maximum atomic E-state index is 14.3. The minimum Gasteiger partial charge on any atom is -0.460 e. The quantitative estimate of drug-likeness (QED) is 0.115. The van der Waals surface area contributed by atoms with Crippen molar-refractivity contribution in [1.82, 2.24) is 4.57 Å². The van der Waals surface area contributed by atoms with Gasteiger partial charge in [-0.25, -0.2) is 8.78 Å². The summed E-state index contributed by atoms with van der Waals surface area (Å²) in [5.74, 6) is -1.71. The third-order valence-electron chi connectivity index (χ3n) is 8.32. The van der Waals surface area contributed by atoms with E-state index in [0.29, 0.717) is 19.4 Å². The van der Waals surface area contributed by atoms with Crippen LogP contribution < -0.4 is 4.31 Å². The van der Waals surface area contributed by atoms with Crippen molar-refractivity contribution in [3.8, 4) is 22.4 Å². The van der Waals surface area contributed by atoms with Crippen LogP contribution in [0, 0.1) is 11.6 Å². The van der Waals surface area contributed by atoms with Gasteiger partial charge < -0.3 is 23.1 Å². The smallest absolute Gasteiger partial charge is 0.308 e. The Labute approximate surface area is 293 Å². The van der Waals surface area contributed by atoms with Crippen molar-refractivity contribution in [3.63, 3.8) is 0 Å². The van der Waals surface area contributed by atoms with Crippen molar-refractivity contribution < 1.29 is 27.8 Å². The lowest BCUT2D eigenvalue weighted by Crippen LogP contribution is -2.46. The number of nitrogens with zero attached hydrogens (tertiary/aromatic N) is 2. The molecule has 1 aliphatic heterocycles. The van der Waals surface area contributed by atoms with E-state index in [1.54, 1.807) is 24.1 Å². The summed E-state index contributed by atoms with van der Waals surface area (Å²) in [6.07, 6.45) is 0.771. The molecule has 2 heterocycles. The standard InChI is InChI=1S/C40H48F2N2O4S/c1-26(2)36-38(49-43(8)31-12-10-9-11-13-31)35(27-14-18-29(41)19-15-27)37(28-16-20-30(42)21-17-28)44(36)23-22-32-24-33(47-40(6,7)46-32)25-34(45)48-39(3,4)5/h9-21,26,32-33H,22-25H2,1-8H3. The number of ether oxygens (including phenoxy) is 3. The number of esters is 1. The van der Waals surface area contributed by atoms with Gasteiger partial charge in [0, 0.05) is 37.0 Å². The molecule has 0 radical (unpaired) electrons. The number of hydrogen-bond acceptors (Lipinski definition) is 6. The van der Waals surface area contributed by atoms with Crippen molar-refractivity contribution in [3.05, 3.63) is 96.2 Å². The Morgan fingerprint density at radius 2 is 1.51 bits per heavy atom. The zero-order valence-corrected chi connectivity index (χ0v) is 30.6. The van der Waals surface area contributed by atoms with E-state index in [4.69, 9.17) is 14.2 Å². The molecule has 3 aromatic carbocycles. The first-order chi connectivity index (χ1) is 23.1. The van der Waals surface area contributed by atoms with Gasteiger partial charge in [0.1, 0.15) is 17.2 Å². The van der Waals surface area contributed by atoms with Crippen molar-refractivity contribution in [2.45, 2.75) is 109 Å². The summed E-state index contributed by atoms with van der Waals surface area (Å²) in [4.78, 5) is 13.8. The number of benzene rings is 3. The predicted octanol–water partition coefficient (Wildman–Crippen LogP) is 10.4. The van der Waals surface area contributed by atoms with Crippen LogP contribution in [0.3, 0.4) is 0 Å². The molecular formula is C40H48F2N2O4S. The number of hydrogen-bond donors (Lipinski definition) is 0. The molecule has 0 N–H and O–H groups in total. The van der Waals surface area contributed by atoms with E-state index < -0.39 is 11.4 Å². The summed E-state index contributed by atoms with van der Waals surface area (Å²) in [5, 5.41) is 0. The van der Waals surface area contributed by atoms with Crippen LogP contribution >= 0.6 is 11.9 Å². The van der Waals surface area contributed by atoms with Crippen LogP contribution in [0.1, 0.15) is 79.3 Å². The first-order valence-corrected chi connectivity index (χ1v) is 17.7. The highest BCUT2D eigenvalue weighted by Crippen LogP contribution is 2.48. The molecule has 9 heteroatoms. The van der Waals surface area contributed by atoms with Crippen LogP contribution in [0.15, 0.2) is 83.8 Å². The van der Waals surface area contributed by atoms with Gasteiger partial charge in [-0.3, -0.25) is 4.79 Å². The van der Waals surface area contributed by atoms with E-state index in [1.165, 1.54) is 24.3 Å². The number of rotatable bonds is 11. The van der Waals surface area contributed by atoms with Crippen molar-refractivity contribution in [2.75, 3.05) is 11.4 Å². The van der Waals surface area contributed by atoms with Crippen LogP contribution in [0.25, 0.3) is 22.4 Å². The topological polar surface area (TPSA) is 52.9 Å². The van der Waals surface area contributed by atoms with Crippen molar-refractivity contribution >= 4 is 23.6 Å². The van der Waals surface area contributed by atoms with Crippen LogP contribution in [-0.2, 0) is 25.5 Å². The van der Waals surface area contributed by atoms with Gasteiger partial charge >= 0.3 is 5.97 Å². The summed E-state index contributed by atoms with van der Waals surface area (Å²) in [7, 11) is 2.04. The molecule has 0 saturated carbocycles. The lowest BCUT2D eigenvalue weighted by Gasteiger charge is -2.41. The molecule has 2 atom stereocenters. The molecule has 0 bridgehead atoms. The summed E-state index contributed by atoms with van der Waals surface area (Å²) in [5.41, 5.74) is 5.18. The van der Waals surface area contributed by atoms with Gasteiger partial charge in [-0.15, -0.1) is 0 Å². The number of aromatic nitrogens is 1. The van der Waals surface area contributed by atoms with E-state index in [0.717, 1.165) is 38.7 Å². The highest BCUT2D eigenvalue weighted by Gasteiger charge is 2.38. The first kappa shape index (κ1) is 36.6. The Kier molecular flexibility index (Phi) is 11.3. The average molecular weight is 691 g/mol. The second-order valence-electron chi connectivity index (χ2n) is 14.4. The fourth-order valence-corrected chi connectivity index (χ4v) is 7.74. The van der Waals surface area contributed by atoms with Crippen LogP contribution in [-0.4, -0.2) is 41.2 Å². The van der Waals surface area contributed by atoms with Gasteiger partial charge in [0.05, 0.1) is 29.2 Å². The molecule has 49 heavy (non-hydrogen) atoms. The van der Waals surface area contributed by atoms with Crippen molar-refractivity contribution in [2.24, 2.45) is 0 Å². The summed E-state index contributed by atoms with van der Waals surface area (Å²) >= 11 is 1.62. The van der Waals surface area contributed by atoms with E-state index in [1.807, 2.05) is 72.0 Å². The number of anilines is 1. The molecule has 0 amide bonds. The number of carbonyl (C=O) groups is 1. The monoisotopic (exact) mass is 690 g/mol. The van der Waals surface area contributed by atoms with Gasteiger partial charge in [0.15, 0.2) is 5.79 Å². The lowest BCUT2D eigenvalue weighted by atomic mass is 10.00. The zero-order chi connectivity index (χ0) is 35.5. The van der Waals surface area contributed by atoms with Gasteiger partial charge in [0.25, 0.3) is 0 Å². The molecule has 262 valence electrons. The van der Waals surface area contributed by atoms with Crippen molar-refractivity contribution in [1.29, 1.82) is 0 Å². The molecule has 1 aromatic heterocycles. The van der Waals surface area contributed by atoms with Crippen LogP contribution in [0.2, 0.25) is 0 Å². The normalized spacial score (nSPS) is 17.7. The van der Waals surface area contributed by atoms with E-state index >= 15 is 0 Å². The van der Waals surface area contributed by atoms with E-state index in [-0.39, 0.29) is 42.2 Å². The van der Waals surface area contributed by atoms with Gasteiger partial charge in [0.2, 0.25) is 0 Å². The molecule has 0 spiro atoms. The van der Waals surface area contributed by atoms with Gasteiger partial charge in [-0.2, -0.15) is 0 Å². The van der Waals surface area contributed by atoms with Gasteiger partial charge in [-0.05, 0) is 119 Å². The van der Waals surface area contributed by atoms with Gasteiger partial charge in [-0.1, -0.05) is 44.2 Å². The molecule has 6 nitrogen and oxygen atoms in total. The molecule has 0 aliphatic carbocycles. The summed E-state index contributed by atoms with van der Waals surface area (Å²) in [6, 6.07) is 23.3. The average Bonchev–Trinajstić information content (AvgIpc) is 3.33. The Bertz CT molecular complexity index is 1710. The Morgan fingerprint density at radius 3 is 2.08 bits per heavy atom. The van der Waals surface area contributed by atoms with Crippen LogP contribution in [0.5, 0.6) is 0 Å². The van der Waals surface area contributed by atoms with Crippen LogP contribution in [0.4, 0.5) is 14.5 Å². The highest BCUT2D eigenvalue weighted by molar-refractivity contribution is 8.00. The molecule has 4 aromatic rings. The fourth-order valence-electron chi connectivity index (χ4n) is 6.50. The molecule has 2 unspecified atom stereocenters. The van der Waals surface area contributed by atoms with E-state index in [9.17, 15) is 13.6 Å². The predicted molar refractivity (Wildman–Crippen MR) is 194 cm³/mol. The second kappa shape index (κ2) is 15.1. The Hall–Kier alpha value is -3.66. The SMILES string of the molecule is CC(C)c1c(SN(C)c2ccccc2)c(-c2ccc(F)cc2)c(-c2ccc(F)cc2)n1CCC1CC(CC(=O)OC(C)(C)C)OC(C)(C)O1. The minimum atomic E-state index is -0.883. The summed E-state index contributed by atoms with van der Waals surface area (Å²) < 4.78 is 51.3. The zero-order valence-electron chi connectivity index (χ0n) is 29.8. The Balaban J connectivity index is 1.59. The molecule has 1 saturated heterocycles. The third-order valence-corrected chi connectivity index (χ3v) is 9.40. The summed E-state index contributed by atoms with van der Waals surface area (Å²) in [6.45, 7) is 14.3. The number of para-hydroxylation sites is 1. The fraction of sp³-hybridized carbons (Fsp3) is 0.425. The third kappa shape index (κ3) is 9.32. The number of carbonyl (C=O) groups excluding carboxylic acids is 1. The molecule has 5 rings (SSSR count). The first-order valence-electron chi connectivity index (χ1n) is 16.9. The maximum Gasteiger partial charge on any atom is 0.308 e. The number of halogens is 2. The molecule has 1 aliphatic rings. The van der Waals surface area contributed by atoms with E-state index in [2.05, 4.69) is 34.9 Å². The minimum absolute atomic E-state index is 0.104. The maximum absolute atomic E-state index is 14.3. The second-order valence-corrected chi connectivity index (χ2v) is 15.5. The highest BCUT2D eigenvalue weighted by atomic mass is 32.2.